The molecule has 0 aliphatic rings. The van der Waals surface area contributed by atoms with Gasteiger partial charge in [0.2, 0.25) is 0 Å². The lowest BCUT2D eigenvalue weighted by Crippen LogP contribution is -1.97. The van der Waals surface area contributed by atoms with Crippen LogP contribution in [0.1, 0.15) is 5.56 Å². The van der Waals surface area contributed by atoms with Gasteiger partial charge in [0.25, 0.3) is 0 Å². The zero-order chi connectivity index (χ0) is 12.1. The molecule has 1 N–H and O–H groups in total. The first-order valence-electron chi connectivity index (χ1n) is 5.04. The molecule has 0 bridgehead atoms. The monoisotopic (exact) mass is 222 g/mol. The van der Waals surface area contributed by atoms with Gasteiger partial charge < -0.3 is 0 Å². The molecule has 17 heavy (non-hydrogen) atoms. The molecule has 2 aromatic rings. The zero-order valence-corrected chi connectivity index (χ0v) is 9.09. The summed E-state index contributed by atoms with van der Waals surface area (Å²) in [4.78, 5) is 8.37. The third-order valence-electron chi connectivity index (χ3n) is 2.31. The van der Waals surface area contributed by atoms with Crippen molar-refractivity contribution in [2.75, 3.05) is 5.32 Å². The summed E-state index contributed by atoms with van der Waals surface area (Å²) in [5.74, 6) is 0.491. The maximum absolute atomic E-state index is 8.65. The Labute approximate surface area is 99.3 Å². The van der Waals surface area contributed by atoms with Crippen LogP contribution in [0.15, 0.2) is 43.2 Å². The topological polar surface area (TPSA) is 61.6 Å². The van der Waals surface area contributed by atoms with E-state index in [4.69, 9.17) is 5.26 Å². The summed E-state index contributed by atoms with van der Waals surface area (Å²) in [7, 11) is 0. The van der Waals surface area contributed by atoms with Crippen molar-refractivity contribution in [1.29, 1.82) is 5.26 Å². The van der Waals surface area contributed by atoms with Crippen LogP contribution in [0.3, 0.4) is 0 Å². The van der Waals surface area contributed by atoms with E-state index in [1.807, 2.05) is 30.5 Å². The molecule has 2 aromatic heterocycles. The van der Waals surface area contributed by atoms with Gasteiger partial charge in [-0.3, -0.25) is 10.3 Å². The number of rotatable bonds is 3. The number of anilines is 1. The molecule has 0 unspecified atom stereocenters. The van der Waals surface area contributed by atoms with Gasteiger partial charge in [0.05, 0.1) is 5.69 Å². The highest BCUT2D eigenvalue weighted by Crippen LogP contribution is 2.26. The number of hydrogen-bond donors (Lipinski definition) is 1. The minimum atomic E-state index is 0.491. The van der Waals surface area contributed by atoms with Gasteiger partial charge in [0, 0.05) is 23.5 Å². The molecule has 4 heteroatoms. The van der Waals surface area contributed by atoms with Crippen LogP contribution < -0.4 is 5.32 Å². The molecule has 0 fully saturated rings. The first-order valence-corrected chi connectivity index (χ1v) is 5.04. The predicted octanol–water partition coefficient (Wildman–Crippen LogP) is 2.68. The first kappa shape index (κ1) is 10.8. The summed E-state index contributed by atoms with van der Waals surface area (Å²) in [6, 6.07) is 7.51. The number of nitriles is 1. The number of hydrogen-bond acceptors (Lipinski definition) is 4. The van der Waals surface area contributed by atoms with Gasteiger partial charge in [0.15, 0.2) is 6.19 Å². The van der Waals surface area contributed by atoms with Crippen LogP contribution in [0.25, 0.3) is 17.3 Å². The van der Waals surface area contributed by atoms with Crippen LogP contribution in [0.5, 0.6) is 0 Å². The van der Waals surface area contributed by atoms with Gasteiger partial charge >= 0.3 is 0 Å². The highest BCUT2D eigenvalue weighted by molar-refractivity contribution is 5.79. The van der Waals surface area contributed by atoms with Crippen molar-refractivity contribution in [2.45, 2.75) is 0 Å². The summed E-state index contributed by atoms with van der Waals surface area (Å²) in [6.45, 7) is 3.74. The molecular weight excluding hydrogens is 212 g/mol. The van der Waals surface area contributed by atoms with Gasteiger partial charge in [-0.25, -0.2) is 4.98 Å². The normalized spacial score (nSPS) is 9.35. The summed E-state index contributed by atoms with van der Waals surface area (Å²) < 4.78 is 0. The van der Waals surface area contributed by atoms with Gasteiger partial charge in [-0.15, -0.1) is 0 Å². The van der Waals surface area contributed by atoms with E-state index in [-0.39, 0.29) is 0 Å². The van der Waals surface area contributed by atoms with E-state index in [1.54, 1.807) is 18.5 Å². The van der Waals surface area contributed by atoms with E-state index in [2.05, 4.69) is 21.9 Å². The van der Waals surface area contributed by atoms with Crippen molar-refractivity contribution in [2.24, 2.45) is 0 Å². The van der Waals surface area contributed by atoms with Crippen molar-refractivity contribution in [3.63, 3.8) is 0 Å². The van der Waals surface area contributed by atoms with Crippen molar-refractivity contribution in [3.05, 3.63) is 48.8 Å². The van der Waals surface area contributed by atoms with E-state index in [0.717, 1.165) is 16.8 Å². The number of pyridine rings is 2. The molecule has 0 saturated carbocycles. The van der Waals surface area contributed by atoms with Crippen molar-refractivity contribution in [3.8, 4) is 17.5 Å². The van der Waals surface area contributed by atoms with E-state index >= 15 is 0 Å². The Balaban J connectivity index is 2.59. The Morgan fingerprint density at radius 1 is 1.24 bits per heavy atom. The second kappa shape index (κ2) is 4.90. The highest BCUT2D eigenvalue weighted by atomic mass is 15.0. The van der Waals surface area contributed by atoms with Crippen molar-refractivity contribution >= 4 is 11.9 Å². The molecule has 0 radical (unpaired) electrons. The standard InChI is InChI=1S/C13H10N4/c1-2-10-11(12-5-3-4-7-15-12)6-8-16-13(10)17-9-14/h2-8H,1H2,(H,16,17). The van der Waals surface area contributed by atoms with Gasteiger partial charge in [-0.1, -0.05) is 18.7 Å². The van der Waals surface area contributed by atoms with Gasteiger partial charge in [-0.2, -0.15) is 5.26 Å². The zero-order valence-electron chi connectivity index (χ0n) is 9.09. The molecule has 2 rings (SSSR count). The first-order chi connectivity index (χ1) is 8.36. The molecule has 0 atom stereocenters. The Morgan fingerprint density at radius 3 is 2.76 bits per heavy atom. The van der Waals surface area contributed by atoms with Crippen molar-refractivity contribution < 1.29 is 0 Å². The fraction of sp³-hybridized carbons (Fsp3) is 0. The average Bonchev–Trinajstić information content (AvgIpc) is 2.40. The molecule has 0 saturated heterocycles. The lowest BCUT2D eigenvalue weighted by molar-refractivity contribution is 1.27. The molecular formula is C13H10N4. The van der Waals surface area contributed by atoms with Crippen LogP contribution in [0, 0.1) is 11.5 Å². The highest BCUT2D eigenvalue weighted by Gasteiger charge is 2.08. The van der Waals surface area contributed by atoms with Crippen LogP contribution in [0.2, 0.25) is 0 Å². The van der Waals surface area contributed by atoms with Crippen LogP contribution in [-0.2, 0) is 0 Å². The van der Waals surface area contributed by atoms with E-state index in [9.17, 15) is 0 Å². The third kappa shape index (κ3) is 2.13. The summed E-state index contributed by atoms with van der Waals surface area (Å²) in [5.41, 5.74) is 2.49. The maximum atomic E-state index is 8.65. The fourth-order valence-corrected chi connectivity index (χ4v) is 1.58. The number of nitrogens with zero attached hydrogens (tertiary/aromatic N) is 3. The molecule has 0 aliphatic carbocycles. The SMILES string of the molecule is C=Cc1c(-c2ccccn2)ccnc1NC#N. The molecule has 0 aliphatic heterocycles. The van der Waals surface area contributed by atoms with Gasteiger partial charge in [0.1, 0.15) is 5.82 Å². The average molecular weight is 222 g/mol. The van der Waals surface area contributed by atoms with Crippen LogP contribution >= 0.6 is 0 Å². The molecule has 4 nitrogen and oxygen atoms in total. The lowest BCUT2D eigenvalue weighted by atomic mass is 10.1. The molecule has 0 amide bonds. The minimum absolute atomic E-state index is 0.491. The summed E-state index contributed by atoms with van der Waals surface area (Å²) in [5, 5.41) is 11.2. The minimum Gasteiger partial charge on any atom is -0.276 e. The summed E-state index contributed by atoms with van der Waals surface area (Å²) in [6.07, 6.45) is 6.88. The summed E-state index contributed by atoms with van der Waals surface area (Å²) >= 11 is 0. The smallest absolute Gasteiger partial charge is 0.182 e. The molecule has 82 valence electrons. The fourth-order valence-electron chi connectivity index (χ4n) is 1.58. The third-order valence-corrected chi connectivity index (χ3v) is 2.31. The Kier molecular flexibility index (Phi) is 3.13. The van der Waals surface area contributed by atoms with Crippen LogP contribution in [-0.4, -0.2) is 9.97 Å². The van der Waals surface area contributed by atoms with E-state index in [1.165, 1.54) is 0 Å². The molecule has 0 aromatic carbocycles. The second-order valence-electron chi connectivity index (χ2n) is 3.28. The Hall–Kier alpha value is -2.67. The molecule has 2 heterocycles. The molecule has 0 spiro atoms. The Bertz CT molecular complexity index is 570. The quantitative estimate of drug-likeness (QED) is 0.640. The lowest BCUT2D eigenvalue weighted by Gasteiger charge is -2.08. The van der Waals surface area contributed by atoms with E-state index < -0.39 is 0 Å². The number of nitrogens with one attached hydrogen (secondary N) is 1. The predicted molar refractivity (Wildman–Crippen MR) is 66.8 cm³/mol. The second-order valence-corrected chi connectivity index (χ2v) is 3.28. The van der Waals surface area contributed by atoms with E-state index in [0.29, 0.717) is 5.82 Å². The van der Waals surface area contributed by atoms with Crippen molar-refractivity contribution in [1.82, 2.24) is 9.97 Å². The van der Waals surface area contributed by atoms with Crippen LogP contribution in [0.4, 0.5) is 5.82 Å². The Morgan fingerprint density at radius 2 is 2.12 bits per heavy atom. The maximum Gasteiger partial charge on any atom is 0.182 e. The van der Waals surface area contributed by atoms with Gasteiger partial charge in [-0.05, 0) is 18.2 Å². The number of aromatic nitrogens is 2. The largest absolute Gasteiger partial charge is 0.276 e.